The summed E-state index contributed by atoms with van der Waals surface area (Å²) in [6.07, 6.45) is 3.58. The lowest BCUT2D eigenvalue weighted by molar-refractivity contribution is 0.172. The Morgan fingerprint density at radius 2 is 2.18 bits per heavy atom. The highest BCUT2D eigenvalue weighted by atomic mass is 35.5. The third kappa shape index (κ3) is 3.43. The van der Waals surface area contributed by atoms with Gasteiger partial charge in [0.25, 0.3) is 0 Å². The molecule has 0 amide bonds. The van der Waals surface area contributed by atoms with E-state index < -0.39 is 0 Å². The number of anilines is 1. The molecule has 2 aromatic heterocycles. The van der Waals surface area contributed by atoms with E-state index in [1.54, 1.807) is 24.4 Å². The molecule has 2 aromatic rings. The van der Waals surface area contributed by atoms with Crippen LogP contribution in [-0.4, -0.2) is 34.4 Å². The molecule has 22 heavy (non-hydrogen) atoms. The molecule has 112 valence electrons. The van der Waals surface area contributed by atoms with Gasteiger partial charge in [-0.15, -0.1) is 10.2 Å². The van der Waals surface area contributed by atoms with Crippen LogP contribution in [-0.2, 0) is 0 Å². The van der Waals surface area contributed by atoms with E-state index in [9.17, 15) is 0 Å². The maximum Gasteiger partial charge on any atom is 0.213 e. The molecule has 6 nitrogen and oxygen atoms in total. The summed E-state index contributed by atoms with van der Waals surface area (Å²) in [6.45, 7) is 1.61. The summed E-state index contributed by atoms with van der Waals surface area (Å²) in [4.78, 5) is 6.27. The van der Waals surface area contributed by atoms with E-state index in [1.807, 2.05) is 12.1 Å². The third-order valence-corrected chi connectivity index (χ3v) is 3.68. The van der Waals surface area contributed by atoms with Crippen molar-refractivity contribution in [3.05, 3.63) is 41.2 Å². The normalized spacial score (nSPS) is 17.8. The summed E-state index contributed by atoms with van der Waals surface area (Å²) < 4.78 is 5.89. The molecule has 1 unspecified atom stereocenters. The minimum absolute atomic E-state index is 0.0415. The molecule has 0 radical (unpaired) electrons. The number of nitrogens with zero attached hydrogens (tertiary/aromatic N) is 5. The van der Waals surface area contributed by atoms with Crippen LogP contribution in [0.25, 0.3) is 0 Å². The van der Waals surface area contributed by atoms with Gasteiger partial charge in [-0.1, -0.05) is 11.6 Å². The molecule has 0 aromatic carbocycles. The van der Waals surface area contributed by atoms with Crippen LogP contribution in [0.4, 0.5) is 5.82 Å². The van der Waals surface area contributed by atoms with Gasteiger partial charge in [-0.25, -0.2) is 4.98 Å². The molecular formula is C15H14ClN5O. The van der Waals surface area contributed by atoms with Crippen molar-refractivity contribution in [3.63, 3.8) is 0 Å². The quantitative estimate of drug-likeness (QED) is 0.866. The first-order chi connectivity index (χ1) is 10.7. The summed E-state index contributed by atoms with van der Waals surface area (Å²) in [5.74, 6) is 1.33. The Morgan fingerprint density at radius 1 is 1.27 bits per heavy atom. The van der Waals surface area contributed by atoms with E-state index in [-0.39, 0.29) is 6.10 Å². The van der Waals surface area contributed by atoms with E-state index >= 15 is 0 Å². The van der Waals surface area contributed by atoms with Gasteiger partial charge in [0.1, 0.15) is 12.2 Å². The molecule has 1 fully saturated rings. The van der Waals surface area contributed by atoms with Gasteiger partial charge >= 0.3 is 0 Å². The fraction of sp³-hybridized carbons (Fsp3) is 0.333. The topological polar surface area (TPSA) is 74.9 Å². The second-order valence-corrected chi connectivity index (χ2v) is 5.47. The van der Waals surface area contributed by atoms with Crippen LogP contribution < -0.4 is 9.64 Å². The Labute approximate surface area is 133 Å². The third-order valence-electron chi connectivity index (χ3n) is 3.45. The molecule has 0 aliphatic carbocycles. The number of rotatable bonds is 3. The van der Waals surface area contributed by atoms with E-state index in [1.165, 1.54) is 0 Å². The number of halogens is 1. The van der Waals surface area contributed by atoms with Crippen molar-refractivity contribution < 1.29 is 4.74 Å². The monoisotopic (exact) mass is 315 g/mol. The van der Waals surface area contributed by atoms with Crippen molar-refractivity contribution in [3.8, 4) is 11.9 Å². The summed E-state index contributed by atoms with van der Waals surface area (Å²) in [7, 11) is 0. The molecule has 3 heterocycles. The molecule has 1 aliphatic rings. The summed E-state index contributed by atoms with van der Waals surface area (Å²) in [6, 6.07) is 8.98. The first-order valence-corrected chi connectivity index (χ1v) is 7.39. The standard InChI is InChI=1S/C15H14ClN5O/c16-11-3-6-15(18-9-11)22-13-2-1-7-21(10-13)14-5-4-12(8-17)19-20-14/h3-6,9,13H,1-2,7,10H2. The largest absolute Gasteiger partial charge is 0.472 e. The van der Waals surface area contributed by atoms with Crippen molar-refractivity contribution in [2.75, 3.05) is 18.0 Å². The Morgan fingerprint density at radius 3 is 2.86 bits per heavy atom. The fourth-order valence-electron chi connectivity index (χ4n) is 2.40. The zero-order valence-electron chi connectivity index (χ0n) is 11.8. The van der Waals surface area contributed by atoms with Gasteiger partial charge in [-0.05, 0) is 31.0 Å². The Balaban J connectivity index is 1.65. The predicted molar refractivity (Wildman–Crippen MR) is 81.9 cm³/mol. The maximum atomic E-state index is 8.76. The Bertz CT molecular complexity index is 668. The Hall–Kier alpha value is -2.39. The van der Waals surface area contributed by atoms with Crippen LogP contribution in [0.15, 0.2) is 30.5 Å². The Kier molecular flexibility index (Phi) is 4.35. The van der Waals surface area contributed by atoms with Gasteiger partial charge in [0.05, 0.1) is 11.6 Å². The van der Waals surface area contributed by atoms with Crippen LogP contribution in [0.1, 0.15) is 18.5 Å². The van der Waals surface area contributed by atoms with Crippen LogP contribution in [0.2, 0.25) is 5.02 Å². The average Bonchev–Trinajstić information content (AvgIpc) is 2.57. The maximum absolute atomic E-state index is 8.76. The van der Waals surface area contributed by atoms with E-state index in [4.69, 9.17) is 21.6 Å². The summed E-state index contributed by atoms with van der Waals surface area (Å²) >= 11 is 5.82. The van der Waals surface area contributed by atoms with Crippen molar-refractivity contribution in [2.24, 2.45) is 0 Å². The highest BCUT2D eigenvalue weighted by molar-refractivity contribution is 6.30. The predicted octanol–water partition coefficient (Wildman–Crippen LogP) is 2.44. The van der Waals surface area contributed by atoms with Gasteiger partial charge in [-0.3, -0.25) is 0 Å². The number of piperidine rings is 1. The van der Waals surface area contributed by atoms with Crippen molar-refractivity contribution >= 4 is 17.4 Å². The van der Waals surface area contributed by atoms with Gasteiger partial charge in [-0.2, -0.15) is 5.26 Å². The number of nitriles is 1. The van der Waals surface area contributed by atoms with E-state index in [0.717, 1.165) is 25.2 Å². The zero-order chi connectivity index (χ0) is 15.4. The first-order valence-electron chi connectivity index (χ1n) is 7.01. The number of hydrogen-bond donors (Lipinski definition) is 0. The van der Waals surface area contributed by atoms with Crippen molar-refractivity contribution in [1.29, 1.82) is 5.26 Å². The van der Waals surface area contributed by atoms with E-state index in [0.29, 0.717) is 23.1 Å². The zero-order valence-corrected chi connectivity index (χ0v) is 12.6. The van der Waals surface area contributed by atoms with Crippen LogP contribution in [0, 0.1) is 11.3 Å². The summed E-state index contributed by atoms with van der Waals surface area (Å²) in [5.41, 5.74) is 0.318. The minimum atomic E-state index is 0.0415. The van der Waals surface area contributed by atoms with Crippen LogP contribution >= 0.6 is 11.6 Å². The van der Waals surface area contributed by atoms with Crippen LogP contribution in [0.5, 0.6) is 5.88 Å². The fourth-order valence-corrected chi connectivity index (χ4v) is 2.51. The molecule has 0 N–H and O–H groups in total. The molecule has 1 saturated heterocycles. The van der Waals surface area contributed by atoms with Gasteiger partial charge in [0.2, 0.25) is 5.88 Å². The molecule has 1 atom stereocenters. The molecule has 1 aliphatic heterocycles. The highest BCUT2D eigenvalue weighted by Gasteiger charge is 2.23. The molecular weight excluding hydrogens is 302 g/mol. The van der Waals surface area contributed by atoms with Crippen molar-refractivity contribution in [2.45, 2.75) is 18.9 Å². The van der Waals surface area contributed by atoms with E-state index in [2.05, 4.69) is 20.1 Å². The molecule has 7 heteroatoms. The highest BCUT2D eigenvalue weighted by Crippen LogP contribution is 2.21. The number of ether oxygens (including phenoxy) is 1. The van der Waals surface area contributed by atoms with Gasteiger partial charge in [0, 0.05) is 18.8 Å². The second kappa shape index (κ2) is 6.58. The lowest BCUT2D eigenvalue weighted by Crippen LogP contribution is -2.41. The number of pyridine rings is 1. The smallest absolute Gasteiger partial charge is 0.213 e. The molecule has 0 spiro atoms. The van der Waals surface area contributed by atoms with Crippen molar-refractivity contribution in [1.82, 2.24) is 15.2 Å². The first kappa shape index (κ1) is 14.5. The number of aromatic nitrogens is 3. The SMILES string of the molecule is N#Cc1ccc(N2CCCC(Oc3ccc(Cl)cn3)C2)nn1. The molecule has 0 saturated carbocycles. The van der Waals surface area contributed by atoms with Crippen LogP contribution in [0.3, 0.4) is 0 Å². The van der Waals surface area contributed by atoms with Gasteiger partial charge < -0.3 is 9.64 Å². The average molecular weight is 316 g/mol. The number of hydrogen-bond acceptors (Lipinski definition) is 6. The van der Waals surface area contributed by atoms with Gasteiger partial charge in [0.15, 0.2) is 11.5 Å². The second-order valence-electron chi connectivity index (χ2n) is 5.03. The molecule has 3 rings (SSSR count). The lowest BCUT2D eigenvalue weighted by Gasteiger charge is -2.33. The summed E-state index contributed by atoms with van der Waals surface area (Å²) in [5, 5.41) is 17.3. The minimum Gasteiger partial charge on any atom is -0.472 e. The molecule has 0 bridgehead atoms. The lowest BCUT2D eigenvalue weighted by atomic mass is 10.1.